The highest BCUT2D eigenvalue weighted by Gasteiger charge is 2.54. The van der Waals surface area contributed by atoms with Gasteiger partial charge in [-0.25, -0.2) is 0 Å². The van der Waals surface area contributed by atoms with Crippen LogP contribution in [-0.4, -0.2) is 48.3 Å². The molecule has 2 fully saturated rings. The third-order valence-electron chi connectivity index (χ3n) is 5.40. The van der Waals surface area contributed by atoms with E-state index >= 15 is 0 Å². The number of rotatable bonds is 5. The van der Waals surface area contributed by atoms with Crippen LogP contribution in [-0.2, 0) is 4.74 Å². The lowest BCUT2D eigenvalue weighted by Gasteiger charge is -2.33. The maximum Gasteiger partial charge on any atom is 0.0790 e. The summed E-state index contributed by atoms with van der Waals surface area (Å²) in [6.07, 6.45) is 2.49. The molecule has 2 rings (SSSR count). The Balaban J connectivity index is 2.09. The molecule has 0 bridgehead atoms. The molecule has 0 aliphatic carbocycles. The van der Waals surface area contributed by atoms with Gasteiger partial charge in [-0.1, -0.05) is 20.8 Å². The monoisotopic (exact) mass is 296 g/mol. The third-order valence-corrected chi connectivity index (χ3v) is 5.40. The molecular weight excluding hydrogens is 260 g/mol. The molecule has 2 aliphatic rings. The molecule has 1 N–H and O–H groups in total. The van der Waals surface area contributed by atoms with Gasteiger partial charge in [-0.05, 0) is 59.0 Å². The molecule has 0 radical (unpaired) electrons. The molecule has 2 saturated heterocycles. The molecular formula is C18H36N2O. The van der Waals surface area contributed by atoms with Gasteiger partial charge in [0, 0.05) is 25.0 Å². The highest BCUT2D eigenvalue weighted by Crippen LogP contribution is 2.43. The first-order chi connectivity index (χ1) is 9.57. The first-order valence-electron chi connectivity index (χ1n) is 8.73. The van der Waals surface area contributed by atoms with Crippen molar-refractivity contribution in [1.82, 2.24) is 10.2 Å². The van der Waals surface area contributed by atoms with Gasteiger partial charge >= 0.3 is 0 Å². The molecule has 2 heterocycles. The van der Waals surface area contributed by atoms with Gasteiger partial charge < -0.3 is 15.0 Å². The zero-order chi connectivity index (χ0) is 15.9. The van der Waals surface area contributed by atoms with Crippen molar-refractivity contribution in [3.8, 4) is 0 Å². The van der Waals surface area contributed by atoms with Gasteiger partial charge in [0.15, 0.2) is 0 Å². The van der Waals surface area contributed by atoms with E-state index in [0.717, 1.165) is 13.1 Å². The van der Waals surface area contributed by atoms with Crippen molar-refractivity contribution >= 4 is 0 Å². The SMILES string of the molecule is CCCNC1C(CN2CCC(C)(C)C2)C(C)(C)OC1(C)C. The minimum Gasteiger partial charge on any atom is -0.368 e. The molecule has 2 unspecified atom stereocenters. The van der Waals surface area contributed by atoms with Gasteiger partial charge in [0.1, 0.15) is 0 Å². The van der Waals surface area contributed by atoms with E-state index < -0.39 is 0 Å². The van der Waals surface area contributed by atoms with Crippen molar-refractivity contribution in [1.29, 1.82) is 0 Å². The fourth-order valence-corrected chi connectivity index (χ4v) is 4.37. The second kappa shape index (κ2) is 5.82. The van der Waals surface area contributed by atoms with Crippen LogP contribution in [0.25, 0.3) is 0 Å². The Morgan fingerprint density at radius 3 is 2.29 bits per heavy atom. The summed E-state index contributed by atoms with van der Waals surface area (Å²) >= 11 is 0. The Kier molecular flexibility index (Phi) is 4.78. The number of likely N-dealkylation sites (tertiary alicyclic amines) is 1. The Hall–Kier alpha value is -0.120. The van der Waals surface area contributed by atoms with Crippen LogP contribution in [0.3, 0.4) is 0 Å². The maximum atomic E-state index is 6.43. The average Bonchev–Trinajstić information content (AvgIpc) is 2.73. The van der Waals surface area contributed by atoms with Crippen LogP contribution < -0.4 is 5.32 Å². The lowest BCUT2D eigenvalue weighted by molar-refractivity contribution is -0.0794. The topological polar surface area (TPSA) is 24.5 Å². The van der Waals surface area contributed by atoms with Crippen molar-refractivity contribution < 1.29 is 4.74 Å². The van der Waals surface area contributed by atoms with E-state index in [1.165, 1.54) is 25.9 Å². The van der Waals surface area contributed by atoms with Crippen LogP contribution in [0.2, 0.25) is 0 Å². The summed E-state index contributed by atoms with van der Waals surface area (Å²) in [7, 11) is 0. The van der Waals surface area contributed by atoms with E-state index in [4.69, 9.17) is 4.74 Å². The second-order valence-corrected chi connectivity index (χ2v) is 9.00. The van der Waals surface area contributed by atoms with Gasteiger partial charge in [-0.15, -0.1) is 0 Å². The van der Waals surface area contributed by atoms with Gasteiger partial charge in [0.2, 0.25) is 0 Å². The first kappa shape index (κ1) is 17.2. The highest BCUT2D eigenvalue weighted by molar-refractivity contribution is 5.06. The smallest absolute Gasteiger partial charge is 0.0790 e. The van der Waals surface area contributed by atoms with Gasteiger partial charge in [-0.2, -0.15) is 0 Å². The number of ether oxygens (including phenoxy) is 1. The molecule has 21 heavy (non-hydrogen) atoms. The summed E-state index contributed by atoms with van der Waals surface area (Å²) in [5.41, 5.74) is 0.339. The van der Waals surface area contributed by atoms with E-state index in [1.54, 1.807) is 0 Å². The van der Waals surface area contributed by atoms with Crippen molar-refractivity contribution in [3.63, 3.8) is 0 Å². The molecule has 0 aromatic carbocycles. The summed E-state index contributed by atoms with van der Waals surface area (Å²) in [4.78, 5) is 2.65. The summed E-state index contributed by atoms with van der Waals surface area (Å²) in [6.45, 7) is 20.7. The van der Waals surface area contributed by atoms with Crippen LogP contribution >= 0.6 is 0 Å². The van der Waals surface area contributed by atoms with Crippen LogP contribution in [0.15, 0.2) is 0 Å². The first-order valence-corrected chi connectivity index (χ1v) is 8.73. The fraction of sp³-hybridized carbons (Fsp3) is 1.00. The summed E-state index contributed by atoms with van der Waals surface area (Å²) in [6, 6.07) is 0.441. The molecule has 2 aliphatic heterocycles. The fourth-order valence-electron chi connectivity index (χ4n) is 4.37. The third kappa shape index (κ3) is 3.80. The van der Waals surface area contributed by atoms with Crippen molar-refractivity contribution in [2.75, 3.05) is 26.2 Å². The zero-order valence-corrected chi connectivity index (χ0v) is 15.3. The van der Waals surface area contributed by atoms with Crippen molar-refractivity contribution in [3.05, 3.63) is 0 Å². The molecule has 3 nitrogen and oxygen atoms in total. The predicted molar refractivity (Wildman–Crippen MR) is 89.7 cm³/mol. The quantitative estimate of drug-likeness (QED) is 0.842. The van der Waals surface area contributed by atoms with Gasteiger partial charge in [0.05, 0.1) is 11.2 Å². The van der Waals surface area contributed by atoms with E-state index in [2.05, 4.69) is 58.7 Å². The maximum absolute atomic E-state index is 6.43. The molecule has 124 valence electrons. The van der Waals surface area contributed by atoms with Gasteiger partial charge in [0.25, 0.3) is 0 Å². The molecule has 0 saturated carbocycles. The number of hydrogen-bond acceptors (Lipinski definition) is 3. The second-order valence-electron chi connectivity index (χ2n) is 9.00. The molecule has 0 aromatic heterocycles. The normalized spacial score (nSPS) is 34.4. The zero-order valence-electron chi connectivity index (χ0n) is 15.3. The Morgan fingerprint density at radius 1 is 1.10 bits per heavy atom. The Labute approximate surface area is 131 Å². The molecule has 0 aromatic rings. The average molecular weight is 296 g/mol. The standard InChI is InChI=1S/C18H36N2O/c1-8-10-19-15-14(17(4,5)21-18(15,6)7)12-20-11-9-16(2,3)13-20/h14-15,19H,8-13H2,1-7H3. The number of hydrogen-bond donors (Lipinski definition) is 1. The molecule has 0 amide bonds. The van der Waals surface area contributed by atoms with Crippen LogP contribution in [0, 0.1) is 11.3 Å². The summed E-state index contributed by atoms with van der Waals surface area (Å²) < 4.78 is 6.43. The van der Waals surface area contributed by atoms with E-state index in [0.29, 0.717) is 17.4 Å². The summed E-state index contributed by atoms with van der Waals surface area (Å²) in [5.74, 6) is 0.549. The van der Waals surface area contributed by atoms with Crippen LogP contribution in [0.5, 0.6) is 0 Å². The minimum atomic E-state index is -0.0847. The van der Waals surface area contributed by atoms with Crippen LogP contribution in [0.4, 0.5) is 0 Å². The molecule has 3 heteroatoms. The summed E-state index contributed by atoms with van der Waals surface area (Å²) in [5, 5.41) is 3.77. The molecule has 2 atom stereocenters. The molecule has 0 spiro atoms. The van der Waals surface area contributed by atoms with E-state index in [-0.39, 0.29) is 11.2 Å². The Bertz CT molecular complexity index is 362. The van der Waals surface area contributed by atoms with Crippen molar-refractivity contribution in [2.45, 2.75) is 78.6 Å². The van der Waals surface area contributed by atoms with E-state index in [1.807, 2.05) is 0 Å². The number of nitrogens with zero attached hydrogens (tertiary/aromatic N) is 1. The van der Waals surface area contributed by atoms with Crippen molar-refractivity contribution in [2.24, 2.45) is 11.3 Å². The predicted octanol–water partition coefficient (Wildman–Crippen LogP) is 3.29. The highest BCUT2D eigenvalue weighted by atomic mass is 16.5. The lowest BCUT2D eigenvalue weighted by Crippen LogP contribution is -2.51. The van der Waals surface area contributed by atoms with Crippen LogP contribution in [0.1, 0.15) is 61.3 Å². The van der Waals surface area contributed by atoms with E-state index in [9.17, 15) is 0 Å². The number of nitrogens with one attached hydrogen (secondary N) is 1. The Morgan fingerprint density at radius 2 is 1.76 bits per heavy atom. The van der Waals surface area contributed by atoms with Gasteiger partial charge in [-0.3, -0.25) is 0 Å². The lowest BCUT2D eigenvalue weighted by atomic mass is 9.82. The minimum absolute atomic E-state index is 0.0539. The largest absolute Gasteiger partial charge is 0.368 e.